The minimum Gasteiger partial charge on any atom is -0.337 e. The molecule has 2 rings (SSSR count). The van der Waals surface area contributed by atoms with Crippen LogP contribution in [0.5, 0.6) is 0 Å². The zero-order valence-electron chi connectivity index (χ0n) is 7.10. The number of aromatic nitrogens is 2. The Balaban J connectivity index is 2.33. The van der Waals surface area contributed by atoms with E-state index in [0.717, 1.165) is 5.56 Å². The minimum atomic E-state index is -0.208. The van der Waals surface area contributed by atoms with Gasteiger partial charge in [0, 0.05) is 10.9 Å². The highest BCUT2D eigenvalue weighted by atomic mass is 32.1. The Morgan fingerprint density at radius 3 is 3.00 bits per heavy atom. The smallest absolute Gasteiger partial charge is 0.243 e. The Morgan fingerprint density at radius 2 is 2.46 bits per heavy atom. The third kappa shape index (κ3) is 1.61. The Bertz CT molecular complexity index is 380. The topological polar surface area (TPSA) is 64.9 Å². The fraction of sp³-hybridized carbons (Fsp3) is 0.250. The van der Waals surface area contributed by atoms with Crippen molar-refractivity contribution in [2.75, 3.05) is 0 Å². The Kier molecular flexibility index (Phi) is 2.12. The zero-order chi connectivity index (χ0) is 9.26. The largest absolute Gasteiger partial charge is 0.337 e. The molecule has 13 heavy (non-hydrogen) atoms. The molecule has 68 valence electrons. The molecular formula is C8H9N3OS. The highest BCUT2D eigenvalue weighted by Crippen LogP contribution is 2.19. The normalized spacial score (nSPS) is 13.1. The predicted octanol–water partition coefficient (Wildman–Crippen LogP) is 1.82. The second kappa shape index (κ2) is 3.27. The molecule has 5 heteroatoms. The van der Waals surface area contributed by atoms with Gasteiger partial charge in [0.1, 0.15) is 0 Å². The quantitative estimate of drug-likeness (QED) is 0.793. The van der Waals surface area contributed by atoms with Gasteiger partial charge in [-0.05, 0) is 18.4 Å². The van der Waals surface area contributed by atoms with Gasteiger partial charge < -0.3 is 10.3 Å². The van der Waals surface area contributed by atoms with Crippen molar-refractivity contribution >= 4 is 11.3 Å². The molecule has 0 fully saturated rings. The Morgan fingerprint density at radius 1 is 1.62 bits per heavy atom. The third-order valence-electron chi connectivity index (χ3n) is 1.61. The van der Waals surface area contributed by atoms with E-state index in [9.17, 15) is 0 Å². The van der Waals surface area contributed by atoms with Crippen LogP contribution in [0.3, 0.4) is 0 Å². The van der Waals surface area contributed by atoms with Crippen LogP contribution < -0.4 is 5.73 Å². The van der Waals surface area contributed by atoms with E-state index in [1.165, 1.54) is 0 Å². The van der Waals surface area contributed by atoms with Gasteiger partial charge in [0.25, 0.3) is 0 Å². The van der Waals surface area contributed by atoms with Crippen LogP contribution >= 0.6 is 11.3 Å². The van der Waals surface area contributed by atoms with Crippen molar-refractivity contribution in [3.8, 4) is 11.4 Å². The Labute approximate surface area is 79.4 Å². The number of hydrogen-bond donors (Lipinski definition) is 1. The van der Waals surface area contributed by atoms with Crippen LogP contribution in [0.25, 0.3) is 11.4 Å². The van der Waals surface area contributed by atoms with Crippen molar-refractivity contribution in [1.29, 1.82) is 0 Å². The predicted molar refractivity (Wildman–Crippen MR) is 50.2 cm³/mol. The van der Waals surface area contributed by atoms with Gasteiger partial charge in [-0.15, -0.1) is 0 Å². The van der Waals surface area contributed by atoms with Crippen molar-refractivity contribution in [3.05, 3.63) is 22.7 Å². The van der Waals surface area contributed by atoms with E-state index in [-0.39, 0.29) is 6.04 Å². The first-order valence-corrected chi connectivity index (χ1v) is 4.83. The van der Waals surface area contributed by atoms with E-state index in [0.29, 0.717) is 11.7 Å². The summed E-state index contributed by atoms with van der Waals surface area (Å²) in [5.41, 5.74) is 6.56. The van der Waals surface area contributed by atoms with Crippen LogP contribution in [-0.4, -0.2) is 10.1 Å². The maximum absolute atomic E-state index is 5.59. The van der Waals surface area contributed by atoms with Crippen LogP contribution in [0, 0.1) is 0 Å². The van der Waals surface area contributed by atoms with Crippen LogP contribution in [0.2, 0.25) is 0 Å². The van der Waals surface area contributed by atoms with E-state index in [4.69, 9.17) is 10.3 Å². The van der Waals surface area contributed by atoms with E-state index in [1.54, 1.807) is 11.3 Å². The average Bonchev–Trinajstić information content (AvgIpc) is 2.75. The maximum Gasteiger partial charge on any atom is 0.243 e. The van der Waals surface area contributed by atoms with Gasteiger partial charge in [0.15, 0.2) is 0 Å². The zero-order valence-corrected chi connectivity index (χ0v) is 7.91. The maximum atomic E-state index is 5.59. The monoisotopic (exact) mass is 195 g/mol. The number of nitrogens with two attached hydrogens (primary N) is 1. The van der Waals surface area contributed by atoms with Crippen LogP contribution in [0.15, 0.2) is 21.3 Å². The van der Waals surface area contributed by atoms with Gasteiger partial charge in [0.2, 0.25) is 11.7 Å². The minimum absolute atomic E-state index is 0.208. The van der Waals surface area contributed by atoms with Gasteiger partial charge in [-0.25, -0.2) is 0 Å². The SMILES string of the molecule is C[C@@H](N)c1nc(-c2ccsc2)no1. The van der Waals surface area contributed by atoms with Crippen molar-refractivity contribution in [2.24, 2.45) is 5.73 Å². The molecule has 0 spiro atoms. The Hall–Kier alpha value is -1.20. The molecule has 2 heterocycles. The molecule has 2 aromatic rings. The molecule has 2 N–H and O–H groups in total. The highest BCUT2D eigenvalue weighted by Gasteiger charge is 2.11. The molecule has 0 amide bonds. The summed E-state index contributed by atoms with van der Waals surface area (Å²) in [6.45, 7) is 1.81. The standard InChI is InChI=1S/C8H9N3OS/c1-5(9)8-10-7(11-12-8)6-2-3-13-4-6/h2-5H,9H2,1H3/t5-/m1/s1. The summed E-state index contributed by atoms with van der Waals surface area (Å²) in [5, 5.41) is 7.76. The number of hydrogen-bond acceptors (Lipinski definition) is 5. The van der Waals surface area contributed by atoms with Crippen LogP contribution in [-0.2, 0) is 0 Å². The summed E-state index contributed by atoms with van der Waals surface area (Å²) in [6.07, 6.45) is 0. The molecule has 1 atom stereocenters. The molecule has 4 nitrogen and oxygen atoms in total. The van der Waals surface area contributed by atoms with Gasteiger partial charge in [-0.3, -0.25) is 0 Å². The number of rotatable bonds is 2. The number of nitrogens with zero attached hydrogens (tertiary/aromatic N) is 2. The molecule has 0 bridgehead atoms. The summed E-state index contributed by atoms with van der Waals surface area (Å²) in [7, 11) is 0. The molecular weight excluding hydrogens is 186 g/mol. The van der Waals surface area contributed by atoms with E-state index >= 15 is 0 Å². The summed E-state index contributed by atoms with van der Waals surface area (Å²) < 4.78 is 4.97. The van der Waals surface area contributed by atoms with Gasteiger partial charge >= 0.3 is 0 Å². The second-order valence-corrected chi connectivity index (χ2v) is 3.54. The van der Waals surface area contributed by atoms with Crippen molar-refractivity contribution in [2.45, 2.75) is 13.0 Å². The van der Waals surface area contributed by atoms with Crippen molar-refractivity contribution < 1.29 is 4.52 Å². The molecule has 0 aromatic carbocycles. The molecule has 0 saturated heterocycles. The van der Waals surface area contributed by atoms with Gasteiger partial charge in [-0.2, -0.15) is 16.3 Å². The first-order valence-electron chi connectivity index (χ1n) is 3.89. The van der Waals surface area contributed by atoms with Crippen molar-refractivity contribution in [3.63, 3.8) is 0 Å². The van der Waals surface area contributed by atoms with Gasteiger partial charge in [0.05, 0.1) is 6.04 Å². The lowest BCUT2D eigenvalue weighted by Gasteiger charge is -1.92. The average molecular weight is 195 g/mol. The summed E-state index contributed by atoms with van der Waals surface area (Å²) in [6, 6.07) is 1.74. The molecule has 0 unspecified atom stereocenters. The lowest BCUT2D eigenvalue weighted by Crippen LogP contribution is -2.04. The summed E-state index contributed by atoms with van der Waals surface area (Å²) >= 11 is 1.60. The number of thiophene rings is 1. The van der Waals surface area contributed by atoms with Gasteiger partial charge in [-0.1, -0.05) is 5.16 Å². The fourth-order valence-corrected chi connectivity index (χ4v) is 1.56. The summed E-state index contributed by atoms with van der Waals surface area (Å²) in [4.78, 5) is 4.16. The van der Waals surface area contributed by atoms with E-state index < -0.39 is 0 Å². The molecule has 0 aliphatic heterocycles. The first-order chi connectivity index (χ1) is 6.27. The third-order valence-corrected chi connectivity index (χ3v) is 2.29. The molecule has 0 aliphatic carbocycles. The van der Waals surface area contributed by atoms with E-state index in [2.05, 4.69) is 10.1 Å². The second-order valence-electron chi connectivity index (χ2n) is 2.76. The lowest BCUT2D eigenvalue weighted by atomic mass is 10.3. The highest BCUT2D eigenvalue weighted by molar-refractivity contribution is 7.08. The molecule has 0 radical (unpaired) electrons. The lowest BCUT2D eigenvalue weighted by molar-refractivity contribution is 0.362. The first kappa shape index (κ1) is 8.40. The van der Waals surface area contributed by atoms with Crippen molar-refractivity contribution in [1.82, 2.24) is 10.1 Å². The fourth-order valence-electron chi connectivity index (χ4n) is 0.929. The summed E-state index contributed by atoms with van der Waals surface area (Å²) in [5.74, 6) is 1.08. The van der Waals surface area contributed by atoms with E-state index in [1.807, 2.05) is 23.8 Å². The molecule has 0 saturated carbocycles. The molecule has 2 aromatic heterocycles. The molecule has 0 aliphatic rings. The van der Waals surface area contributed by atoms with Crippen LogP contribution in [0.4, 0.5) is 0 Å². The van der Waals surface area contributed by atoms with Crippen LogP contribution in [0.1, 0.15) is 18.9 Å².